The molecule has 0 radical (unpaired) electrons. The molecule has 1 unspecified atom stereocenters. The van der Waals surface area contributed by atoms with Gasteiger partial charge in [0.15, 0.2) is 0 Å². The van der Waals surface area contributed by atoms with Crippen LogP contribution in [0.3, 0.4) is 0 Å². The number of nitrogens with zero attached hydrogens (tertiary/aromatic N) is 1. The minimum atomic E-state index is 0.363. The highest BCUT2D eigenvalue weighted by atomic mass is 16.5. The Morgan fingerprint density at radius 3 is 2.56 bits per heavy atom. The fourth-order valence-corrected chi connectivity index (χ4v) is 1.79. The Kier molecular flexibility index (Phi) is 4.31. The fourth-order valence-electron chi connectivity index (χ4n) is 1.79. The van der Waals surface area contributed by atoms with Crippen LogP contribution in [0.1, 0.15) is 25.5 Å². The van der Waals surface area contributed by atoms with Crippen LogP contribution in [0.5, 0.6) is 11.5 Å². The number of rotatable bonds is 5. The molecule has 0 spiro atoms. The first-order chi connectivity index (χ1) is 8.79. The van der Waals surface area contributed by atoms with Crippen molar-refractivity contribution >= 4 is 0 Å². The Bertz CT molecular complexity index is 468. The fraction of sp³-hybridized carbons (Fsp3) is 0.267. The molecule has 1 atom stereocenters. The van der Waals surface area contributed by atoms with Crippen LogP contribution in [0.25, 0.3) is 0 Å². The van der Waals surface area contributed by atoms with Crippen molar-refractivity contribution in [2.75, 3.05) is 6.54 Å². The second-order valence-electron chi connectivity index (χ2n) is 4.14. The summed E-state index contributed by atoms with van der Waals surface area (Å²) in [6.45, 7) is 5.23. The molecule has 1 aromatic heterocycles. The zero-order chi connectivity index (χ0) is 12.8. The van der Waals surface area contributed by atoms with Crippen LogP contribution in [0.15, 0.2) is 48.8 Å². The number of hydrogen-bond acceptors (Lipinski definition) is 3. The normalized spacial score (nSPS) is 12.1. The lowest BCUT2D eigenvalue weighted by Gasteiger charge is -2.13. The summed E-state index contributed by atoms with van der Waals surface area (Å²) >= 11 is 0. The van der Waals surface area contributed by atoms with E-state index < -0.39 is 0 Å². The van der Waals surface area contributed by atoms with Gasteiger partial charge in [0.2, 0.25) is 0 Å². The van der Waals surface area contributed by atoms with Gasteiger partial charge in [-0.3, -0.25) is 4.98 Å². The number of pyridine rings is 1. The van der Waals surface area contributed by atoms with Crippen molar-refractivity contribution in [3.8, 4) is 11.5 Å². The summed E-state index contributed by atoms with van der Waals surface area (Å²) in [7, 11) is 0. The van der Waals surface area contributed by atoms with E-state index in [1.807, 2.05) is 24.3 Å². The second kappa shape index (κ2) is 6.17. The van der Waals surface area contributed by atoms with Gasteiger partial charge in [0.25, 0.3) is 0 Å². The van der Waals surface area contributed by atoms with E-state index >= 15 is 0 Å². The monoisotopic (exact) mass is 242 g/mol. The lowest BCUT2D eigenvalue weighted by atomic mass is 10.1. The van der Waals surface area contributed by atoms with Gasteiger partial charge in [0.05, 0.1) is 6.20 Å². The Morgan fingerprint density at radius 2 is 1.94 bits per heavy atom. The van der Waals surface area contributed by atoms with Crippen LogP contribution < -0.4 is 10.1 Å². The molecule has 94 valence electrons. The van der Waals surface area contributed by atoms with Crippen molar-refractivity contribution in [3.63, 3.8) is 0 Å². The van der Waals surface area contributed by atoms with E-state index in [9.17, 15) is 0 Å². The maximum Gasteiger partial charge on any atom is 0.145 e. The smallest absolute Gasteiger partial charge is 0.145 e. The third kappa shape index (κ3) is 3.31. The minimum absolute atomic E-state index is 0.363. The molecule has 0 fully saturated rings. The number of hydrogen-bond donors (Lipinski definition) is 1. The van der Waals surface area contributed by atoms with Gasteiger partial charge >= 0.3 is 0 Å². The molecule has 0 aliphatic rings. The Morgan fingerprint density at radius 1 is 1.17 bits per heavy atom. The Hall–Kier alpha value is -1.87. The summed E-state index contributed by atoms with van der Waals surface area (Å²) in [6.07, 6.45) is 3.43. The van der Waals surface area contributed by atoms with E-state index in [1.165, 1.54) is 5.56 Å². The molecule has 0 saturated heterocycles. The summed E-state index contributed by atoms with van der Waals surface area (Å²) in [4.78, 5) is 4.02. The van der Waals surface area contributed by atoms with Crippen molar-refractivity contribution in [2.45, 2.75) is 19.9 Å². The van der Waals surface area contributed by atoms with Gasteiger partial charge in [0, 0.05) is 12.2 Å². The average molecular weight is 242 g/mol. The molecule has 1 aromatic carbocycles. The van der Waals surface area contributed by atoms with Crippen molar-refractivity contribution < 1.29 is 4.74 Å². The third-order valence-electron chi connectivity index (χ3n) is 2.76. The lowest BCUT2D eigenvalue weighted by Crippen LogP contribution is -2.17. The molecule has 1 N–H and O–H groups in total. The van der Waals surface area contributed by atoms with Gasteiger partial charge in [-0.05, 0) is 43.3 Å². The molecule has 0 saturated carbocycles. The van der Waals surface area contributed by atoms with E-state index in [-0.39, 0.29) is 0 Å². The van der Waals surface area contributed by atoms with Crippen molar-refractivity contribution in [3.05, 3.63) is 54.4 Å². The van der Waals surface area contributed by atoms with Crippen molar-refractivity contribution in [1.29, 1.82) is 0 Å². The highest BCUT2D eigenvalue weighted by Gasteiger charge is 2.03. The van der Waals surface area contributed by atoms with Gasteiger partial charge in [-0.25, -0.2) is 0 Å². The highest BCUT2D eigenvalue weighted by molar-refractivity contribution is 5.32. The molecule has 3 heteroatoms. The zero-order valence-corrected chi connectivity index (χ0v) is 10.8. The number of ether oxygens (including phenoxy) is 1. The zero-order valence-electron chi connectivity index (χ0n) is 10.8. The molecule has 0 bridgehead atoms. The van der Waals surface area contributed by atoms with Crippen LogP contribution in [0, 0.1) is 0 Å². The summed E-state index contributed by atoms with van der Waals surface area (Å²) in [6, 6.07) is 12.2. The standard InChI is InChI=1S/C15H18N2O/c1-3-17-12(2)13-6-8-14(9-7-13)18-15-5-4-10-16-11-15/h4-12,17H,3H2,1-2H3. The molecule has 2 aromatic rings. The van der Waals surface area contributed by atoms with Gasteiger partial charge in [-0.15, -0.1) is 0 Å². The first-order valence-corrected chi connectivity index (χ1v) is 6.21. The molecule has 3 nitrogen and oxygen atoms in total. The van der Waals surface area contributed by atoms with Gasteiger partial charge < -0.3 is 10.1 Å². The van der Waals surface area contributed by atoms with E-state index in [2.05, 4.69) is 36.3 Å². The van der Waals surface area contributed by atoms with Crippen LogP contribution in [-0.2, 0) is 0 Å². The molecule has 0 aliphatic heterocycles. The number of benzene rings is 1. The largest absolute Gasteiger partial charge is 0.456 e. The van der Waals surface area contributed by atoms with Crippen LogP contribution in [-0.4, -0.2) is 11.5 Å². The second-order valence-corrected chi connectivity index (χ2v) is 4.14. The topological polar surface area (TPSA) is 34.1 Å². The first-order valence-electron chi connectivity index (χ1n) is 6.21. The van der Waals surface area contributed by atoms with Gasteiger partial charge in [-0.2, -0.15) is 0 Å². The molecule has 18 heavy (non-hydrogen) atoms. The summed E-state index contributed by atoms with van der Waals surface area (Å²) in [5.41, 5.74) is 1.26. The highest BCUT2D eigenvalue weighted by Crippen LogP contribution is 2.22. The predicted molar refractivity (Wildman–Crippen MR) is 72.8 cm³/mol. The molecular formula is C15H18N2O. The SMILES string of the molecule is CCNC(C)c1ccc(Oc2cccnc2)cc1. The summed E-state index contributed by atoms with van der Waals surface area (Å²) < 4.78 is 5.69. The maximum absolute atomic E-state index is 5.69. The van der Waals surface area contributed by atoms with Crippen molar-refractivity contribution in [2.24, 2.45) is 0 Å². The van der Waals surface area contributed by atoms with E-state index in [4.69, 9.17) is 4.74 Å². The van der Waals surface area contributed by atoms with E-state index in [0.717, 1.165) is 18.0 Å². The molecule has 0 aliphatic carbocycles. The molecule has 2 rings (SSSR count). The minimum Gasteiger partial charge on any atom is -0.456 e. The summed E-state index contributed by atoms with van der Waals surface area (Å²) in [5, 5.41) is 3.38. The molecule has 1 heterocycles. The van der Waals surface area contributed by atoms with Crippen molar-refractivity contribution in [1.82, 2.24) is 10.3 Å². The van der Waals surface area contributed by atoms with Gasteiger partial charge in [-0.1, -0.05) is 19.1 Å². The Balaban J connectivity index is 2.04. The third-order valence-corrected chi connectivity index (χ3v) is 2.76. The quantitative estimate of drug-likeness (QED) is 0.870. The maximum atomic E-state index is 5.69. The first kappa shape index (κ1) is 12.6. The average Bonchev–Trinajstić information content (AvgIpc) is 2.41. The van der Waals surface area contributed by atoms with E-state index in [0.29, 0.717) is 6.04 Å². The molecular weight excluding hydrogens is 224 g/mol. The van der Waals surface area contributed by atoms with Crippen LogP contribution >= 0.6 is 0 Å². The number of aromatic nitrogens is 1. The lowest BCUT2D eigenvalue weighted by molar-refractivity contribution is 0.479. The molecule has 0 amide bonds. The van der Waals surface area contributed by atoms with Crippen LogP contribution in [0.2, 0.25) is 0 Å². The van der Waals surface area contributed by atoms with Gasteiger partial charge in [0.1, 0.15) is 11.5 Å². The summed E-state index contributed by atoms with van der Waals surface area (Å²) in [5.74, 6) is 1.58. The predicted octanol–water partition coefficient (Wildman–Crippen LogP) is 3.54. The number of nitrogens with one attached hydrogen (secondary N) is 1. The van der Waals surface area contributed by atoms with E-state index in [1.54, 1.807) is 12.4 Å². The van der Waals surface area contributed by atoms with Crippen LogP contribution in [0.4, 0.5) is 0 Å². The Labute approximate surface area is 108 Å².